The van der Waals surface area contributed by atoms with E-state index >= 15 is 0 Å². The lowest BCUT2D eigenvalue weighted by Gasteiger charge is -2.11. The van der Waals surface area contributed by atoms with Gasteiger partial charge in [0, 0.05) is 20.9 Å². The van der Waals surface area contributed by atoms with E-state index in [2.05, 4.69) is 20.9 Å². The SMILES string of the molecule is OC(c1cc(Br)c(Cl)s1)c1cccc2ncccc12. The van der Waals surface area contributed by atoms with Crippen LogP contribution in [0.4, 0.5) is 0 Å². The molecule has 3 aromatic rings. The third-order valence-electron chi connectivity index (χ3n) is 2.91. The largest absolute Gasteiger partial charge is 0.383 e. The molecular formula is C14H9BrClNOS. The zero-order valence-corrected chi connectivity index (χ0v) is 12.8. The Labute approximate surface area is 127 Å². The molecule has 2 nitrogen and oxygen atoms in total. The molecule has 0 bridgehead atoms. The minimum Gasteiger partial charge on any atom is -0.383 e. The molecule has 0 saturated heterocycles. The van der Waals surface area contributed by atoms with E-state index in [1.165, 1.54) is 11.3 Å². The molecule has 1 aromatic carbocycles. The summed E-state index contributed by atoms with van der Waals surface area (Å²) in [6.07, 6.45) is 1.05. The summed E-state index contributed by atoms with van der Waals surface area (Å²) < 4.78 is 1.46. The average molecular weight is 355 g/mol. The molecule has 3 rings (SSSR count). The summed E-state index contributed by atoms with van der Waals surface area (Å²) in [5, 5.41) is 11.5. The number of hydrogen-bond donors (Lipinski definition) is 1. The summed E-state index contributed by atoms with van der Waals surface area (Å²) in [6.45, 7) is 0. The minimum absolute atomic E-state index is 0.646. The zero-order valence-electron chi connectivity index (χ0n) is 9.68. The Kier molecular flexibility index (Phi) is 3.58. The monoisotopic (exact) mass is 353 g/mol. The van der Waals surface area contributed by atoms with Crippen molar-refractivity contribution in [3.05, 3.63) is 61.8 Å². The molecule has 19 heavy (non-hydrogen) atoms. The highest BCUT2D eigenvalue weighted by Crippen LogP contribution is 2.38. The normalized spacial score (nSPS) is 12.8. The van der Waals surface area contributed by atoms with Crippen LogP contribution in [0, 0.1) is 0 Å². The fourth-order valence-electron chi connectivity index (χ4n) is 2.02. The van der Waals surface area contributed by atoms with Crippen molar-refractivity contribution >= 4 is 49.8 Å². The highest BCUT2D eigenvalue weighted by molar-refractivity contribution is 9.10. The van der Waals surface area contributed by atoms with Crippen molar-refractivity contribution in [1.82, 2.24) is 4.98 Å². The van der Waals surface area contributed by atoms with Crippen molar-refractivity contribution < 1.29 is 5.11 Å². The van der Waals surface area contributed by atoms with E-state index in [9.17, 15) is 5.11 Å². The highest BCUT2D eigenvalue weighted by atomic mass is 79.9. The first-order chi connectivity index (χ1) is 9.16. The molecule has 0 radical (unpaired) electrons. The van der Waals surface area contributed by atoms with Crippen LogP contribution in [-0.4, -0.2) is 10.1 Å². The van der Waals surface area contributed by atoms with E-state index < -0.39 is 6.10 Å². The molecule has 0 aliphatic heterocycles. The van der Waals surface area contributed by atoms with Gasteiger partial charge in [0.15, 0.2) is 0 Å². The Morgan fingerprint density at radius 1 is 1.26 bits per heavy atom. The number of halogens is 2. The smallest absolute Gasteiger partial charge is 0.114 e. The van der Waals surface area contributed by atoms with Crippen LogP contribution in [0.15, 0.2) is 47.1 Å². The predicted octanol–water partition coefficient (Wildman–Crippen LogP) is 4.79. The van der Waals surface area contributed by atoms with Crippen LogP contribution in [0.3, 0.4) is 0 Å². The summed E-state index contributed by atoms with van der Waals surface area (Å²) in [4.78, 5) is 5.11. The van der Waals surface area contributed by atoms with Gasteiger partial charge in [0.2, 0.25) is 0 Å². The summed E-state index contributed by atoms with van der Waals surface area (Å²) in [5.74, 6) is 0. The number of aliphatic hydroxyl groups is 1. The number of aliphatic hydroxyl groups excluding tert-OH is 1. The van der Waals surface area contributed by atoms with Crippen LogP contribution in [0.2, 0.25) is 4.34 Å². The molecule has 0 saturated carbocycles. The molecule has 1 atom stereocenters. The van der Waals surface area contributed by atoms with Gasteiger partial charge in [0.25, 0.3) is 0 Å². The molecule has 0 amide bonds. The molecule has 2 aromatic heterocycles. The van der Waals surface area contributed by atoms with Crippen molar-refractivity contribution in [3.63, 3.8) is 0 Å². The fraction of sp³-hybridized carbons (Fsp3) is 0.0714. The van der Waals surface area contributed by atoms with Gasteiger partial charge in [-0.15, -0.1) is 11.3 Å². The molecule has 1 N–H and O–H groups in total. The Bertz CT molecular complexity index is 718. The van der Waals surface area contributed by atoms with Gasteiger partial charge in [0.05, 0.1) is 5.52 Å². The Morgan fingerprint density at radius 2 is 2.11 bits per heavy atom. The number of hydrogen-bond acceptors (Lipinski definition) is 3. The van der Waals surface area contributed by atoms with Crippen LogP contribution in [-0.2, 0) is 0 Å². The number of aromatic nitrogens is 1. The second kappa shape index (κ2) is 5.21. The number of thiophene rings is 1. The second-order valence-electron chi connectivity index (χ2n) is 4.09. The van der Waals surface area contributed by atoms with E-state index in [0.717, 1.165) is 25.8 Å². The molecule has 0 spiro atoms. The summed E-state index contributed by atoms with van der Waals surface area (Å²) in [7, 11) is 0. The Morgan fingerprint density at radius 3 is 2.84 bits per heavy atom. The predicted molar refractivity (Wildman–Crippen MR) is 82.8 cm³/mol. The van der Waals surface area contributed by atoms with E-state index in [-0.39, 0.29) is 0 Å². The number of benzene rings is 1. The number of rotatable bonds is 2. The van der Waals surface area contributed by atoms with Gasteiger partial charge < -0.3 is 5.11 Å². The Balaban J connectivity index is 2.13. The molecule has 96 valence electrons. The lowest BCUT2D eigenvalue weighted by molar-refractivity contribution is 0.225. The Hall–Kier alpha value is -0.940. The molecule has 2 heterocycles. The quantitative estimate of drug-likeness (QED) is 0.717. The second-order valence-corrected chi connectivity index (χ2v) is 6.63. The van der Waals surface area contributed by atoms with E-state index in [1.807, 2.05) is 36.4 Å². The fourth-order valence-corrected chi connectivity index (χ4v) is 3.76. The topological polar surface area (TPSA) is 33.1 Å². The summed E-state index contributed by atoms with van der Waals surface area (Å²) >= 11 is 10.8. The van der Waals surface area contributed by atoms with Gasteiger partial charge in [-0.2, -0.15) is 0 Å². The van der Waals surface area contributed by atoms with Crippen LogP contribution < -0.4 is 0 Å². The van der Waals surface area contributed by atoms with Crippen LogP contribution in [0.5, 0.6) is 0 Å². The van der Waals surface area contributed by atoms with Gasteiger partial charge in [-0.3, -0.25) is 4.98 Å². The first-order valence-corrected chi connectivity index (χ1v) is 7.62. The van der Waals surface area contributed by atoms with Gasteiger partial charge in [-0.25, -0.2) is 0 Å². The van der Waals surface area contributed by atoms with Crippen molar-refractivity contribution in [1.29, 1.82) is 0 Å². The number of fused-ring (bicyclic) bond motifs is 1. The first kappa shape index (κ1) is 13.1. The van der Waals surface area contributed by atoms with Gasteiger partial charge >= 0.3 is 0 Å². The van der Waals surface area contributed by atoms with Crippen molar-refractivity contribution in [3.8, 4) is 0 Å². The number of nitrogens with zero attached hydrogens (tertiary/aromatic N) is 1. The van der Waals surface area contributed by atoms with Crippen LogP contribution >= 0.6 is 38.9 Å². The van der Waals surface area contributed by atoms with E-state index in [1.54, 1.807) is 6.20 Å². The average Bonchev–Trinajstić information content (AvgIpc) is 2.77. The maximum Gasteiger partial charge on any atom is 0.114 e. The molecule has 0 fully saturated rings. The molecule has 0 aliphatic rings. The first-order valence-electron chi connectivity index (χ1n) is 5.63. The molecule has 1 unspecified atom stereocenters. The molecular weight excluding hydrogens is 346 g/mol. The lowest BCUT2D eigenvalue weighted by atomic mass is 10.0. The lowest BCUT2D eigenvalue weighted by Crippen LogP contribution is -1.98. The molecule has 0 aliphatic carbocycles. The third kappa shape index (κ3) is 2.41. The van der Waals surface area contributed by atoms with Gasteiger partial charge in [0.1, 0.15) is 10.4 Å². The van der Waals surface area contributed by atoms with Crippen molar-refractivity contribution in [2.75, 3.05) is 0 Å². The standard InChI is InChI=1S/C14H9BrClNOS/c15-10-7-12(19-14(10)16)13(18)9-3-1-5-11-8(9)4-2-6-17-11/h1-7,13,18H. The third-order valence-corrected chi connectivity index (χ3v) is 5.43. The van der Waals surface area contributed by atoms with Crippen molar-refractivity contribution in [2.45, 2.75) is 6.10 Å². The van der Waals surface area contributed by atoms with Crippen LogP contribution in [0.25, 0.3) is 10.9 Å². The van der Waals surface area contributed by atoms with Crippen LogP contribution in [0.1, 0.15) is 16.5 Å². The highest BCUT2D eigenvalue weighted by Gasteiger charge is 2.17. The van der Waals surface area contributed by atoms with Gasteiger partial charge in [-0.05, 0) is 39.7 Å². The maximum atomic E-state index is 10.5. The number of pyridine rings is 1. The summed E-state index contributed by atoms with van der Waals surface area (Å²) in [5.41, 5.74) is 1.72. The zero-order chi connectivity index (χ0) is 13.4. The van der Waals surface area contributed by atoms with E-state index in [0.29, 0.717) is 4.34 Å². The van der Waals surface area contributed by atoms with Crippen molar-refractivity contribution in [2.24, 2.45) is 0 Å². The summed E-state index contributed by atoms with van der Waals surface area (Å²) in [6, 6.07) is 11.4. The van der Waals surface area contributed by atoms with Gasteiger partial charge in [-0.1, -0.05) is 29.8 Å². The maximum absolute atomic E-state index is 10.5. The minimum atomic E-state index is -0.693. The van der Waals surface area contributed by atoms with E-state index in [4.69, 9.17) is 11.6 Å². The molecule has 5 heteroatoms.